The number of rotatable bonds is 2. The van der Waals surface area contributed by atoms with Gasteiger partial charge in [-0.2, -0.15) is 0 Å². The molecular formula is C17H22N7+. The van der Waals surface area contributed by atoms with Gasteiger partial charge < -0.3 is 10.6 Å². The minimum absolute atomic E-state index is 0.0907. The Bertz CT molecular complexity index is 817. The summed E-state index contributed by atoms with van der Waals surface area (Å²) in [6.07, 6.45) is 7.82. The van der Waals surface area contributed by atoms with Crippen molar-refractivity contribution in [3.8, 4) is 0 Å². The van der Waals surface area contributed by atoms with E-state index in [1.54, 1.807) is 12.4 Å². The van der Waals surface area contributed by atoms with E-state index in [4.69, 9.17) is 0 Å². The molecule has 24 heavy (non-hydrogen) atoms. The molecule has 0 saturated heterocycles. The van der Waals surface area contributed by atoms with Crippen LogP contribution in [0.4, 0.5) is 23.3 Å². The predicted octanol–water partition coefficient (Wildman–Crippen LogP) is 1.75. The molecule has 2 aliphatic rings. The first-order valence-corrected chi connectivity index (χ1v) is 8.15. The molecule has 2 aromatic rings. The van der Waals surface area contributed by atoms with Crippen molar-refractivity contribution in [3.05, 3.63) is 42.5 Å². The molecule has 7 heteroatoms. The van der Waals surface area contributed by atoms with E-state index >= 15 is 0 Å². The maximum atomic E-state index is 4.53. The highest BCUT2D eigenvalue weighted by Gasteiger charge is 2.36. The van der Waals surface area contributed by atoms with Gasteiger partial charge in [0, 0.05) is 30.7 Å². The fraction of sp³-hybridized carbons (Fsp3) is 0.353. The molecule has 0 amide bonds. The Morgan fingerprint density at radius 3 is 2.58 bits per heavy atom. The Labute approximate surface area is 141 Å². The minimum Gasteiger partial charge on any atom is -0.357 e. The standard InChI is InChI=1S/C17H22N7/c1-11-9-14(23-8-7-18-12(23)2)22(4)15(10-11)24-13(3)21-16-17(24)20-6-5-19-16/h5-10,12-13,18H,1-4H3,(H,19,21)/q+1/t12?,13-/m1/s1. The fourth-order valence-corrected chi connectivity index (χ4v) is 3.35. The molecular weight excluding hydrogens is 302 g/mol. The monoisotopic (exact) mass is 324 g/mol. The van der Waals surface area contributed by atoms with Crippen LogP contribution in [0.3, 0.4) is 0 Å². The van der Waals surface area contributed by atoms with Crippen LogP contribution < -0.4 is 25.0 Å². The molecule has 2 aliphatic heterocycles. The third kappa shape index (κ3) is 2.16. The van der Waals surface area contributed by atoms with Crippen LogP contribution in [0.1, 0.15) is 19.4 Å². The number of nitrogens with zero attached hydrogens (tertiary/aromatic N) is 5. The van der Waals surface area contributed by atoms with E-state index in [-0.39, 0.29) is 12.3 Å². The van der Waals surface area contributed by atoms with E-state index < -0.39 is 0 Å². The van der Waals surface area contributed by atoms with Crippen molar-refractivity contribution in [1.29, 1.82) is 0 Å². The maximum Gasteiger partial charge on any atom is 0.237 e. The van der Waals surface area contributed by atoms with Crippen LogP contribution in [0.25, 0.3) is 0 Å². The normalized spacial score (nSPS) is 21.7. The SMILES string of the molecule is Cc1cc(N2C=CNC2C)[n+](C)c(N2c3nccnc3N[C@H]2C)c1. The molecule has 0 saturated carbocycles. The molecule has 2 aromatic heterocycles. The molecule has 1 unspecified atom stereocenters. The molecule has 0 radical (unpaired) electrons. The third-order valence-electron chi connectivity index (χ3n) is 4.54. The van der Waals surface area contributed by atoms with E-state index in [0.717, 1.165) is 23.3 Å². The summed E-state index contributed by atoms with van der Waals surface area (Å²) in [6.45, 7) is 6.38. The number of fused-ring (bicyclic) bond motifs is 1. The topological polar surface area (TPSA) is 60.2 Å². The number of hydrogen-bond acceptors (Lipinski definition) is 6. The van der Waals surface area contributed by atoms with E-state index in [1.807, 2.05) is 6.20 Å². The highest BCUT2D eigenvalue weighted by Crippen LogP contribution is 2.36. The average Bonchev–Trinajstić information content (AvgIpc) is 3.12. The average molecular weight is 324 g/mol. The molecule has 7 nitrogen and oxygen atoms in total. The van der Waals surface area contributed by atoms with Gasteiger partial charge in [0.25, 0.3) is 0 Å². The number of pyridine rings is 1. The Balaban J connectivity index is 1.85. The van der Waals surface area contributed by atoms with Gasteiger partial charge in [0.05, 0.1) is 13.2 Å². The highest BCUT2D eigenvalue weighted by atomic mass is 15.4. The van der Waals surface area contributed by atoms with Gasteiger partial charge in [-0.05, 0) is 26.3 Å². The number of aromatic nitrogens is 3. The Morgan fingerprint density at radius 1 is 1.08 bits per heavy atom. The zero-order valence-corrected chi connectivity index (χ0v) is 14.4. The van der Waals surface area contributed by atoms with E-state index in [2.05, 4.69) is 81.1 Å². The zero-order chi connectivity index (χ0) is 16.8. The highest BCUT2D eigenvalue weighted by molar-refractivity contribution is 5.74. The van der Waals surface area contributed by atoms with E-state index in [9.17, 15) is 0 Å². The van der Waals surface area contributed by atoms with Gasteiger partial charge in [-0.25, -0.2) is 24.3 Å². The largest absolute Gasteiger partial charge is 0.357 e. The minimum atomic E-state index is 0.0907. The second kappa shape index (κ2) is 5.36. The maximum absolute atomic E-state index is 4.53. The molecule has 0 bridgehead atoms. The van der Waals surface area contributed by atoms with Crippen LogP contribution in [0.15, 0.2) is 36.9 Å². The van der Waals surface area contributed by atoms with E-state index in [1.165, 1.54) is 5.56 Å². The van der Waals surface area contributed by atoms with Gasteiger partial charge in [-0.1, -0.05) is 0 Å². The first-order valence-electron chi connectivity index (χ1n) is 8.15. The number of hydrogen-bond donors (Lipinski definition) is 2. The number of nitrogens with one attached hydrogen (secondary N) is 2. The summed E-state index contributed by atoms with van der Waals surface area (Å²) in [5.41, 5.74) is 1.20. The smallest absolute Gasteiger partial charge is 0.237 e. The summed E-state index contributed by atoms with van der Waals surface area (Å²) < 4.78 is 2.20. The zero-order valence-electron chi connectivity index (χ0n) is 14.4. The molecule has 4 rings (SSSR count). The van der Waals surface area contributed by atoms with Gasteiger partial charge in [-0.3, -0.25) is 0 Å². The summed E-state index contributed by atoms with van der Waals surface area (Å²) in [5, 5.41) is 6.70. The van der Waals surface area contributed by atoms with Crippen LogP contribution in [0.2, 0.25) is 0 Å². The van der Waals surface area contributed by atoms with Crippen LogP contribution in [-0.4, -0.2) is 22.3 Å². The first-order chi connectivity index (χ1) is 11.6. The molecule has 124 valence electrons. The first kappa shape index (κ1) is 14.7. The summed E-state index contributed by atoms with van der Waals surface area (Å²) >= 11 is 0. The molecule has 4 heterocycles. The fourth-order valence-electron chi connectivity index (χ4n) is 3.35. The summed E-state index contributed by atoms with van der Waals surface area (Å²) in [4.78, 5) is 13.3. The van der Waals surface area contributed by atoms with Crippen LogP contribution >= 0.6 is 0 Å². The molecule has 0 fully saturated rings. The molecule has 2 atom stereocenters. The molecule has 0 spiro atoms. The van der Waals surface area contributed by atoms with Crippen molar-refractivity contribution in [1.82, 2.24) is 15.3 Å². The van der Waals surface area contributed by atoms with Gasteiger partial charge in [-0.15, -0.1) is 0 Å². The van der Waals surface area contributed by atoms with Gasteiger partial charge in [0.2, 0.25) is 17.5 Å². The van der Waals surface area contributed by atoms with Gasteiger partial charge in [0.15, 0.2) is 12.0 Å². The van der Waals surface area contributed by atoms with Crippen molar-refractivity contribution in [2.75, 3.05) is 15.1 Å². The van der Waals surface area contributed by atoms with E-state index in [0.29, 0.717) is 0 Å². The van der Waals surface area contributed by atoms with Crippen molar-refractivity contribution in [3.63, 3.8) is 0 Å². The third-order valence-corrected chi connectivity index (χ3v) is 4.54. The summed E-state index contributed by atoms with van der Waals surface area (Å²) in [5.74, 6) is 3.89. The van der Waals surface area contributed by atoms with Gasteiger partial charge >= 0.3 is 0 Å². The predicted molar refractivity (Wildman–Crippen MR) is 93.8 cm³/mol. The van der Waals surface area contributed by atoms with Crippen molar-refractivity contribution in [2.45, 2.75) is 33.1 Å². The number of anilines is 4. The second-order valence-corrected chi connectivity index (χ2v) is 6.29. The summed E-state index contributed by atoms with van der Waals surface area (Å²) in [6, 6.07) is 4.38. The molecule has 0 aromatic carbocycles. The Kier molecular flexibility index (Phi) is 3.30. The quantitative estimate of drug-likeness (QED) is 0.821. The van der Waals surface area contributed by atoms with Crippen LogP contribution in [0, 0.1) is 6.92 Å². The van der Waals surface area contributed by atoms with Crippen molar-refractivity contribution in [2.24, 2.45) is 7.05 Å². The Hall–Kier alpha value is -2.83. The lowest BCUT2D eigenvalue weighted by Crippen LogP contribution is -2.46. The molecule has 2 N–H and O–H groups in total. The van der Waals surface area contributed by atoms with Gasteiger partial charge in [0.1, 0.15) is 6.17 Å². The van der Waals surface area contributed by atoms with Crippen LogP contribution in [0.5, 0.6) is 0 Å². The van der Waals surface area contributed by atoms with Crippen LogP contribution in [-0.2, 0) is 7.05 Å². The number of aryl methyl sites for hydroxylation is 1. The summed E-state index contributed by atoms with van der Waals surface area (Å²) in [7, 11) is 2.09. The second-order valence-electron chi connectivity index (χ2n) is 6.29. The van der Waals surface area contributed by atoms with Crippen molar-refractivity contribution >= 4 is 23.3 Å². The molecule has 0 aliphatic carbocycles. The Morgan fingerprint density at radius 2 is 1.83 bits per heavy atom. The van der Waals surface area contributed by atoms with Crippen molar-refractivity contribution < 1.29 is 4.57 Å². The lowest BCUT2D eigenvalue weighted by Gasteiger charge is -2.24. The lowest BCUT2D eigenvalue weighted by atomic mass is 10.2. The lowest BCUT2D eigenvalue weighted by molar-refractivity contribution is -0.645.